The van der Waals surface area contributed by atoms with E-state index in [9.17, 15) is 0 Å². The van der Waals surface area contributed by atoms with E-state index >= 15 is 0 Å². The Kier molecular flexibility index (Phi) is 1.63. The van der Waals surface area contributed by atoms with Gasteiger partial charge in [-0.05, 0) is 25.5 Å². The van der Waals surface area contributed by atoms with Crippen molar-refractivity contribution in [2.24, 2.45) is 10.7 Å². The van der Waals surface area contributed by atoms with Crippen molar-refractivity contribution in [3.63, 3.8) is 0 Å². The zero-order valence-electron chi connectivity index (χ0n) is 7.83. The Morgan fingerprint density at radius 3 is 3.00 bits per heavy atom. The van der Waals surface area contributed by atoms with Crippen LogP contribution in [0.1, 0.15) is 18.1 Å². The second kappa shape index (κ2) is 2.57. The van der Waals surface area contributed by atoms with Gasteiger partial charge in [0.25, 0.3) is 0 Å². The van der Waals surface area contributed by atoms with Crippen molar-refractivity contribution in [1.82, 2.24) is 0 Å². The second-order valence-electron chi connectivity index (χ2n) is 3.60. The lowest BCUT2D eigenvalue weighted by molar-refractivity contribution is 0.524. The molecular weight excluding hydrogens is 162 g/mol. The molecule has 1 aliphatic heterocycles. The van der Waals surface area contributed by atoms with E-state index in [4.69, 9.17) is 5.73 Å². The van der Waals surface area contributed by atoms with Gasteiger partial charge in [-0.15, -0.1) is 0 Å². The first-order valence-corrected chi connectivity index (χ1v) is 4.30. The van der Waals surface area contributed by atoms with Crippen LogP contribution in [0.2, 0.25) is 0 Å². The fraction of sp³-hybridized carbons (Fsp3) is 0.300. The second-order valence-corrected chi connectivity index (χ2v) is 3.60. The average molecular weight is 175 g/mol. The first kappa shape index (κ1) is 8.26. The summed E-state index contributed by atoms with van der Waals surface area (Å²) in [7, 11) is 0. The van der Waals surface area contributed by atoms with Crippen LogP contribution in [0, 0.1) is 6.92 Å². The van der Waals surface area contributed by atoms with Crippen LogP contribution in [0.3, 0.4) is 0 Å². The van der Waals surface area contributed by atoms with Gasteiger partial charge in [-0.25, -0.2) is 4.99 Å². The van der Waals surface area contributed by atoms with Gasteiger partial charge in [0.15, 0.2) is 0 Å². The summed E-state index contributed by atoms with van der Waals surface area (Å²) < 4.78 is 0. The number of nitrogens with zero attached hydrogens (tertiary/aromatic N) is 1. The number of benzene rings is 1. The van der Waals surface area contributed by atoms with Gasteiger partial charge in [0.1, 0.15) is 5.66 Å². The first-order chi connectivity index (χ1) is 6.09. The Morgan fingerprint density at radius 2 is 2.23 bits per heavy atom. The molecule has 1 aliphatic rings. The molecule has 1 unspecified atom stereocenters. The van der Waals surface area contributed by atoms with Gasteiger partial charge >= 0.3 is 0 Å². The summed E-state index contributed by atoms with van der Waals surface area (Å²) in [5, 5.41) is 3.09. The maximum Gasteiger partial charge on any atom is 0.134 e. The lowest BCUT2D eigenvalue weighted by Crippen LogP contribution is -2.34. The number of rotatable bonds is 0. The molecule has 13 heavy (non-hydrogen) atoms. The van der Waals surface area contributed by atoms with Crippen LogP contribution in [-0.2, 0) is 5.66 Å². The number of aliphatic imine (C=N–C) groups is 1. The molecule has 1 aromatic carbocycles. The first-order valence-electron chi connectivity index (χ1n) is 4.30. The smallest absolute Gasteiger partial charge is 0.134 e. The van der Waals surface area contributed by atoms with Crippen LogP contribution in [0.15, 0.2) is 23.2 Å². The Bertz CT molecular complexity index is 366. The van der Waals surface area contributed by atoms with Gasteiger partial charge < -0.3 is 11.1 Å². The van der Waals surface area contributed by atoms with Crippen molar-refractivity contribution >= 4 is 12.0 Å². The molecule has 3 heteroatoms. The largest absolute Gasteiger partial charge is 0.346 e. The van der Waals surface area contributed by atoms with Crippen LogP contribution in [-0.4, -0.2) is 6.34 Å². The summed E-state index contributed by atoms with van der Waals surface area (Å²) in [6, 6.07) is 6.15. The molecule has 0 spiro atoms. The summed E-state index contributed by atoms with van der Waals surface area (Å²) in [6.07, 6.45) is 1.65. The molecule has 2 rings (SSSR count). The predicted molar refractivity (Wildman–Crippen MR) is 54.8 cm³/mol. The maximum atomic E-state index is 6.00. The number of hydrogen-bond acceptors (Lipinski definition) is 3. The quantitative estimate of drug-likeness (QED) is 0.629. The summed E-state index contributed by atoms with van der Waals surface area (Å²) in [5.74, 6) is 0. The lowest BCUT2D eigenvalue weighted by Gasteiger charge is -2.27. The third-order valence-electron chi connectivity index (χ3n) is 2.27. The monoisotopic (exact) mass is 175 g/mol. The van der Waals surface area contributed by atoms with E-state index in [-0.39, 0.29) is 0 Å². The van der Waals surface area contributed by atoms with Gasteiger partial charge in [-0.3, -0.25) is 0 Å². The third-order valence-corrected chi connectivity index (χ3v) is 2.27. The zero-order chi connectivity index (χ0) is 9.47. The highest BCUT2D eigenvalue weighted by atomic mass is 15.1. The van der Waals surface area contributed by atoms with Gasteiger partial charge in [0.2, 0.25) is 0 Å². The van der Waals surface area contributed by atoms with Crippen LogP contribution in [0.5, 0.6) is 0 Å². The van der Waals surface area contributed by atoms with Gasteiger partial charge in [-0.2, -0.15) is 0 Å². The molecule has 0 aliphatic carbocycles. The van der Waals surface area contributed by atoms with Crippen molar-refractivity contribution in [3.8, 4) is 0 Å². The highest BCUT2D eigenvalue weighted by Crippen LogP contribution is 2.30. The molecule has 68 valence electrons. The summed E-state index contributed by atoms with van der Waals surface area (Å²) in [4.78, 5) is 4.17. The van der Waals surface area contributed by atoms with Gasteiger partial charge in [0.05, 0.1) is 6.34 Å². The Hall–Kier alpha value is -1.35. The molecule has 0 fully saturated rings. The molecule has 3 nitrogen and oxygen atoms in total. The maximum absolute atomic E-state index is 6.00. The normalized spacial score (nSPS) is 25.2. The molecule has 0 aromatic heterocycles. The van der Waals surface area contributed by atoms with Crippen LogP contribution < -0.4 is 11.1 Å². The molecule has 3 N–H and O–H groups in total. The number of hydrogen-bond donors (Lipinski definition) is 2. The lowest BCUT2D eigenvalue weighted by atomic mass is 9.98. The van der Waals surface area contributed by atoms with Crippen molar-refractivity contribution in [2.45, 2.75) is 19.5 Å². The minimum absolute atomic E-state index is 0.589. The third kappa shape index (κ3) is 1.31. The summed E-state index contributed by atoms with van der Waals surface area (Å²) in [6.45, 7) is 3.96. The molecule has 1 aromatic rings. The highest BCUT2D eigenvalue weighted by Gasteiger charge is 2.24. The topological polar surface area (TPSA) is 50.4 Å². The zero-order valence-corrected chi connectivity index (χ0v) is 7.83. The van der Waals surface area contributed by atoms with E-state index in [0.29, 0.717) is 0 Å². The van der Waals surface area contributed by atoms with Crippen LogP contribution in [0.4, 0.5) is 5.69 Å². The van der Waals surface area contributed by atoms with E-state index in [0.717, 1.165) is 11.3 Å². The van der Waals surface area contributed by atoms with Crippen LogP contribution in [0.25, 0.3) is 0 Å². The average Bonchev–Trinajstić information content (AvgIpc) is 2.02. The minimum atomic E-state index is -0.589. The summed E-state index contributed by atoms with van der Waals surface area (Å²) in [5.41, 5.74) is 8.73. The van der Waals surface area contributed by atoms with Gasteiger partial charge in [-0.1, -0.05) is 12.1 Å². The molecule has 0 bridgehead atoms. The number of nitrogens with one attached hydrogen (secondary N) is 1. The number of aryl methyl sites for hydroxylation is 1. The highest BCUT2D eigenvalue weighted by molar-refractivity contribution is 5.81. The molecule has 0 saturated carbocycles. The fourth-order valence-electron chi connectivity index (χ4n) is 1.52. The number of anilines is 1. The molecule has 0 radical (unpaired) electrons. The fourth-order valence-corrected chi connectivity index (χ4v) is 1.52. The van der Waals surface area contributed by atoms with E-state index in [2.05, 4.69) is 23.3 Å². The Labute approximate surface area is 77.7 Å². The van der Waals surface area contributed by atoms with Crippen molar-refractivity contribution in [1.29, 1.82) is 0 Å². The minimum Gasteiger partial charge on any atom is -0.346 e. The number of fused-ring (bicyclic) bond motifs is 1. The Morgan fingerprint density at radius 1 is 1.46 bits per heavy atom. The molecule has 0 saturated heterocycles. The molecule has 1 atom stereocenters. The number of nitrogens with two attached hydrogens (primary N) is 1. The van der Waals surface area contributed by atoms with E-state index in [1.165, 1.54) is 5.56 Å². The standard InChI is InChI=1S/C10H13N3/c1-7-3-4-8-9(5-7)12-6-13-10(8,2)11/h3-6H,11H2,1-2H3,(H,12,13). The van der Waals surface area contributed by atoms with E-state index in [1.807, 2.05) is 19.1 Å². The van der Waals surface area contributed by atoms with Crippen molar-refractivity contribution in [2.75, 3.05) is 5.32 Å². The SMILES string of the molecule is Cc1ccc2c(c1)NC=NC2(C)N. The van der Waals surface area contributed by atoms with E-state index in [1.54, 1.807) is 6.34 Å². The van der Waals surface area contributed by atoms with Crippen LogP contribution >= 0.6 is 0 Å². The Balaban J connectivity index is 2.58. The van der Waals surface area contributed by atoms with Crippen molar-refractivity contribution in [3.05, 3.63) is 29.3 Å². The molecular formula is C10H13N3. The van der Waals surface area contributed by atoms with Crippen molar-refractivity contribution < 1.29 is 0 Å². The van der Waals surface area contributed by atoms with E-state index < -0.39 is 5.66 Å². The molecule has 1 heterocycles. The predicted octanol–water partition coefficient (Wildman–Crippen LogP) is 1.58. The molecule has 0 amide bonds. The van der Waals surface area contributed by atoms with Gasteiger partial charge in [0, 0.05) is 11.3 Å². The summed E-state index contributed by atoms with van der Waals surface area (Å²) >= 11 is 0.